The highest BCUT2D eigenvalue weighted by atomic mass is 79.9. The van der Waals surface area contributed by atoms with Gasteiger partial charge >= 0.3 is 0 Å². The highest BCUT2D eigenvalue weighted by Crippen LogP contribution is 2.40. The second-order valence-corrected chi connectivity index (χ2v) is 7.46. The molecule has 0 N–H and O–H groups in total. The van der Waals surface area contributed by atoms with E-state index in [9.17, 15) is 4.79 Å². The van der Waals surface area contributed by atoms with Gasteiger partial charge in [0, 0.05) is 0 Å². The molecular weight excluding hydrogens is 320 g/mol. The van der Waals surface area contributed by atoms with Gasteiger partial charge in [0.25, 0.3) is 0 Å². The van der Waals surface area contributed by atoms with E-state index >= 15 is 0 Å². The average Bonchev–Trinajstić information content (AvgIpc) is 2.28. The molecule has 2 rings (SSSR count). The number of carbonyl (C=O) groups excluding carboxylic acids is 1. The minimum Gasteiger partial charge on any atom is -0.300 e. The molecule has 0 unspecified atom stereocenters. The van der Waals surface area contributed by atoms with Crippen molar-refractivity contribution in [3.63, 3.8) is 0 Å². The fourth-order valence-electron chi connectivity index (χ4n) is 2.16. The summed E-state index contributed by atoms with van der Waals surface area (Å²) in [5.41, 5.74) is 3.79. The topological polar surface area (TPSA) is 17.1 Å². The summed E-state index contributed by atoms with van der Waals surface area (Å²) >= 11 is 6.83. The Labute approximate surface area is 107 Å². The molecule has 1 nitrogen and oxygen atoms in total. The first-order valence-electron chi connectivity index (χ1n) is 5.10. The van der Waals surface area contributed by atoms with Crippen molar-refractivity contribution in [1.29, 1.82) is 0 Å². The molecule has 1 aliphatic carbocycles. The lowest BCUT2D eigenvalue weighted by Crippen LogP contribution is -2.16. The van der Waals surface area contributed by atoms with Gasteiger partial charge in [0.15, 0.2) is 9.52 Å². The van der Waals surface area contributed by atoms with E-state index in [1.165, 1.54) is 24.0 Å². The zero-order valence-corrected chi connectivity index (χ0v) is 11.5. The molecule has 0 saturated carbocycles. The third-order valence-corrected chi connectivity index (χ3v) is 4.13. The highest BCUT2D eigenvalue weighted by Gasteiger charge is 2.28. The lowest BCUT2D eigenvalue weighted by Gasteiger charge is -2.23. The van der Waals surface area contributed by atoms with Crippen LogP contribution in [0.5, 0.6) is 0 Å². The Morgan fingerprint density at radius 3 is 2.67 bits per heavy atom. The molecule has 0 aromatic heterocycles. The van der Waals surface area contributed by atoms with Crippen molar-refractivity contribution >= 4 is 38.1 Å². The molecule has 0 atom stereocenters. The van der Waals surface area contributed by atoms with Crippen LogP contribution in [-0.4, -0.2) is 6.29 Å². The molecule has 0 aliphatic heterocycles. The lowest BCUT2D eigenvalue weighted by molar-refractivity contribution is -0.107. The molecule has 0 fully saturated rings. The molecule has 0 saturated heterocycles. The van der Waals surface area contributed by atoms with Crippen molar-refractivity contribution < 1.29 is 4.79 Å². The molecule has 0 radical (unpaired) electrons. The first-order chi connectivity index (χ1) is 7.15. The lowest BCUT2D eigenvalue weighted by atomic mass is 9.87. The van der Waals surface area contributed by atoms with Gasteiger partial charge in [-0.1, -0.05) is 50.1 Å². The largest absolute Gasteiger partial charge is 0.300 e. The Kier molecular flexibility index (Phi) is 3.31. The van der Waals surface area contributed by atoms with Gasteiger partial charge in [-0.3, -0.25) is 0 Å². The SMILES string of the molecule is O=CC(Br)(Br)c1cccc2c1CCCC2. The Morgan fingerprint density at radius 2 is 1.93 bits per heavy atom. The van der Waals surface area contributed by atoms with E-state index in [4.69, 9.17) is 0 Å². The zero-order valence-electron chi connectivity index (χ0n) is 8.30. The molecule has 1 aliphatic rings. The van der Waals surface area contributed by atoms with Crippen molar-refractivity contribution in [3.05, 3.63) is 34.9 Å². The Morgan fingerprint density at radius 1 is 1.20 bits per heavy atom. The van der Waals surface area contributed by atoms with Crippen molar-refractivity contribution in [1.82, 2.24) is 0 Å². The van der Waals surface area contributed by atoms with Crippen molar-refractivity contribution in [2.45, 2.75) is 28.9 Å². The zero-order chi connectivity index (χ0) is 10.9. The summed E-state index contributed by atoms with van der Waals surface area (Å²) in [5, 5.41) is 0. The van der Waals surface area contributed by atoms with Gasteiger partial charge in [0.1, 0.15) is 0 Å². The van der Waals surface area contributed by atoms with Gasteiger partial charge < -0.3 is 4.79 Å². The van der Waals surface area contributed by atoms with Gasteiger partial charge in [-0.15, -0.1) is 0 Å². The Hall–Kier alpha value is -0.150. The summed E-state index contributed by atoms with van der Waals surface area (Å²) in [6.07, 6.45) is 5.60. The van der Waals surface area contributed by atoms with E-state index in [2.05, 4.69) is 37.9 Å². The van der Waals surface area contributed by atoms with Gasteiger partial charge in [0.2, 0.25) is 0 Å². The number of rotatable bonds is 2. The van der Waals surface area contributed by atoms with E-state index in [0.717, 1.165) is 24.7 Å². The fourth-order valence-corrected chi connectivity index (χ4v) is 2.90. The Bertz CT molecular complexity index is 385. The van der Waals surface area contributed by atoms with Gasteiger partial charge in [0.05, 0.1) is 0 Å². The Balaban J connectivity index is 2.52. The molecule has 0 bridgehead atoms. The van der Waals surface area contributed by atoms with E-state index < -0.39 is 3.23 Å². The van der Waals surface area contributed by atoms with Crippen LogP contribution in [0, 0.1) is 0 Å². The second-order valence-electron chi connectivity index (χ2n) is 3.89. The predicted octanol–water partition coefficient (Wildman–Crippen LogP) is 3.71. The molecule has 0 heterocycles. The van der Waals surface area contributed by atoms with E-state index in [-0.39, 0.29) is 0 Å². The summed E-state index contributed by atoms with van der Waals surface area (Å²) in [7, 11) is 0. The number of aldehydes is 1. The number of hydrogen-bond acceptors (Lipinski definition) is 1. The van der Waals surface area contributed by atoms with Crippen LogP contribution in [0.1, 0.15) is 29.5 Å². The smallest absolute Gasteiger partial charge is 0.160 e. The van der Waals surface area contributed by atoms with Crippen LogP contribution in [0.25, 0.3) is 0 Å². The van der Waals surface area contributed by atoms with Gasteiger partial charge in [-0.05, 0) is 42.4 Å². The maximum absolute atomic E-state index is 11.0. The van der Waals surface area contributed by atoms with Crippen LogP contribution in [-0.2, 0) is 20.9 Å². The van der Waals surface area contributed by atoms with Crippen LogP contribution >= 0.6 is 31.9 Å². The van der Waals surface area contributed by atoms with E-state index in [1.807, 2.05) is 12.1 Å². The van der Waals surface area contributed by atoms with Crippen molar-refractivity contribution in [2.24, 2.45) is 0 Å². The van der Waals surface area contributed by atoms with Crippen LogP contribution in [0.4, 0.5) is 0 Å². The standard InChI is InChI=1S/C12H12Br2O/c13-12(14,8-15)11-7-3-5-9-4-1-2-6-10(9)11/h3,5,7-8H,1-2,4,6H2. The normalized spacial score (nSPS) is 15.9. The van der Waals surface area contributed by atoms with Crippen molar-refractivity contribution in [3.8, 4) is 0 Å². The summed E-state index contributed by atoms with van der Waals surface area (Å²) in [6, 6.07) is 6.21. The molecule has 1 aromatic carbocycles. The van der Waals surface area contributed by atoms with Gasteiger partial charge in [-0.25, -0.2) is 0 Å². The number of alkyl halides is 2. The quantitative estimate of drug-likeness (QED) is 0.596. The third kappa shape index (κ3) is 2.18. The monoisotopic (exact) mass is 330 g/mol. The number of aryl methyl sites for hydroxylation is 1. The van der Waals surface area contributed by atoms with Crippen LogP contribution in [0.15, 0.2) is 18.2 Å². The number of carbonyl (C=O) groups is 1. The summed E-state index contributed by atoms with van der Waals surface area (Å²) < 4.78 is -0.706. The molecule has 1 aromatic rings. The summed E-state index contributed by atoms with van der Waals surface area (Å²) in [4.78, 5) is 11.0. The second kappa shape index (κ2) is 4.38. The maximum Gasteiger partial charge on any atom is 0.160 e. The number of benzene rings is 1. The predicted molar refractivity (Wildman–Crippen MR) is 68.7 cm³/mol. The number of hydrogen-bond donors (Lipinski definition) is 0. The highest BCUT2D eigenvalue weighted by molar-refractivity contribution is 9.25. The van der Waals surface area contributed by atoms with E-state index in [1.54, 1.807) is 0 Å². The molecule has 15 heavy (non-hydrogen) atoms. The van der Waals surface area contributed by atoms with Crippen LogP contribution in [0.3, 0.4) is 0 Å². The number of halogens is 2. The first-order valence-corrected chi connectivity index (χ1v) is 6.69. The molecule has 80 valence electrons. The fraction of sp³-hybridized carbons (Fsp3) is 0.417. The summed E-state index contributed by atoms with van der Waals surface area (Å²) in [5.74, 6) is 0. The van der Waals surface area contributed by atoms with Crippen molar-refractivity contribution in [2.75, 3.05) is 0 Å². The minimum atomic E-state index is -0.706. The average molecular weight is 332 g/mol. The molecular formula is C12H12Br2O. The van der Waals surface area contributed by atoms with E-state index in [0.29, 0.717) is 0 Å². The molecule has 3 heteroatoms. The number of fused-ring (bicyclic) bond motifs is 1. The van der Waals surface area contributed by atoms with Crippen LogP contribution < -0.4 is 0 Å². The first kappa shape index (κ1) is 11.3. The van der Waals surface area contributed by atoms with Crippen LogP contribution in [0.2, 0.25) is 0 Å². The minimum absolute atomic E-state index is 0.706. The summed E-state index contributed by atoms with van der Waals surface area (Å²) in [6.45, 7) is 0. The van der Waals surface area contributed by atoms with Gasteiger partial charge in [-0.2, -0.15) is 0 Å². The molecule has 0 amide bonds. The third-order valence-electron chi connectivity index (χ3n) is 2.90. The maximum atomic E-state index is 11.0. The molecule has 0 spiro atoms.